The minimum absolute atomic E-state index is 0.225. The standard InChI is InChI=1S/C19H18N2O3/c1-23-17-11-16(18(24-2)10-15(17)20)21-19(22)14-9-5-7-12-6-3-4-8-13(12)14/h3-11H,20H2,1-2H3,(H,21,22). The number of hydrogen-bond acceptors (Lipinski definition) is 4. The average molecular weight is 322 g/mol. The third-order valence-corrected chi connectivity index (χ3v) is 3.83. The van der Waals surface area contributed by atoms with Gasteiger partial charge in [-0.15, -0.1) is 0 Å². The Morgan fingerprint density at radius 3 is 2.42 bits per heavy atom. The van der Waals surface area contributed by atoms with Gasteiger partial charge in [-0.05, 0) is 16.8 Å². The number of methoxy groups -OCH3 is 2. The first-order chi connectivity index (χ1) is 11.6. The highest BCUT2D eigenvalue weighted by Gasteiger charge is 2.15. The van der Waals surface area contributed by atoms with E-state index in [1.165, 1.54) is 14.2 Å². The lowest BCUT2D eigenvalue weighted by Crippen LogP contribution is -2.13. The number of anilines is 2. The van der Waals surface area contributed by atoms with E-state index in [0.29, 0.717) is 28.4 Å². The smallest absolute Gasteiger partial charge is 0.256 e. The van der Waals surface area contributed by atoms with Gasteiger partial charge in [-0.1, -0.05) is 36.4 Å². The normalized spacial score (nSPS) is 10.4. The molecule has 0 spiro atoms. The number of ether oxygens (including phenoxy) is 2. The molecular formula is C19H18N2O3. The Balaban J connectivity index is 2.00. The third kappa shape index (κ3) is 2.84. The maximum atomic E-state index is 12.7. The summed E-state index contributed by atoms with van der Waals surface area (Å²) in [5.74, 6) is 0.725. The van der Waals surface area contributed by atoms with E-state index in [0.717, 1.165) is 10.8 Å². The molecule has 5 nitrogen and oxygen atoms in total. The first-order valence-corrected chi connectivity index (χ1v) is 7.44. The minimum Gasteiger partial charge on any atom is -0.495 e. The summed E-state index contributed by atoms with van der Waals surface area (Å²) in [5, 5.41) is 4.77. The van der Waals surface area contributed by atoms with E-state index in [-0.39, 0.29) is 5.91 Å². The highest BCUT2D eigenvalue weighted by atomic mass is 16.5. The second-order valence-corrected chi connectivity index (χ2v) is 5.28. The van der Waals surface area contributed by atoms with Gasteiger partial charge in [0.25, 0.3) is 5.91 Å². The second-order valence-electron chi connectivity index (χ2n) is 5.28. The predicted molar refractivity (Wildman–Crippen MR) is 95.9 cm³/mol. The van der Waals surface area contributed by atoms with Crippen molar-refractivity contribution in [1.82, 2.24) is 0 Å². The van der Waals surface area contributed by atoms with E-state index < -0.39 is 0 Å². The number of carbonyl (C=O) groups is 1. The van der Waals surface area contributed by atoms with Gasteiger partial charge >= 0.3 is 0 Å². The topological polar surface area (TPSA) is 73.6 Å². The molecule has 0 aliphatic carbocycles. The highest BCUT2D eigenvalue weighted by molar-refractivity contribution is 6.13. The van der Waals surface area contributed by atoms with Gasteiger partial charge < -0.3 is 20.5 Å². The average Bonchev–Trinajstić information content (AvgIpc) is 2.62. The summed E-state index contributed by atoms with van der Waals surface area (Å²) in [7, 11) is 3.04. The van der Waals surface area contributed by atoms with Crippen molar-refractivity contribution in [3.05, 3.63) is 60.2 Å². The molecule has 0 fully saturated rings. The van der Waals surface area contributed by atoms with Crippen LogP contribution in [0.15, 0.2) is 54.6 Å². The molecule has 0 heterocycles. The van der Waals surface area contributed by atoms with Crippen LogP contribution in [0.1, 0.15) is 10.4 Å². The van der Waals surface area contributed by atoms with Gasteiger partial charge in [-0.25, -0.2) is 0 Å². The molecule has 0 saturated carbocycles. The number of benzene rings is 3. The minimum atomic E-state index is -0.225. The molecule has 0 aromatic heterocycles. The van der Waals surface area contributed by atoms with Crippen LogP contribution in [0.5, 0.6) is 11.5 Å². The lowest BCUT2D eigenvalue weighted by molar-refractivity contribution is 0.102. The van der Waals surface area contributed by atoms with E-state index >= 15 is 0 Å². The summed E-state index contributed by atoms with van der Waals surface area (Å²) in [6.45, 7) is 0. The number of fused-ring (bicyclic) bond motifs is 1. The Morgan fingerprint density at radius 1 is 0.958 bits per heavy atom. The highest BCUT2D eigenvalue weighted by Crippen LogP contribution is 2.35. The van der Waals surface area contributed by atoms with Gasteiger partial charge in [0.15, 0.2) is 0 Å². The maximum absolute atomic E-state index is 12.7. The van der Waals surface area contributed by atoms with Crippen molar-refractivity contribution in [2.45, 2.75) is 0 Å². The van der Waals surface area contributed by atoms with Crippen molar-refractivity contribution in [1.29, 1.82) is 0 Å². The molecular weight excluding hydrogens is 304 g/mol. The molecule has 5 heteroatoms. The van der Waals surface area contributed by atoms with E-state index in [1.807, 2.05) is 36.4 Å². The van der Waals surface area contributed by atoms with Crippen molar-refractivity contribution in [3.8, 4) is 11.5 Å². The molecule has 3 aromatic carbocycles. The van der Waals surface area contributed by atoms with Crippen LogP contribution in [0, 0.1) is 0 Å². The van der Waals surface area contributed by atoms with Gasteiger partial charge in [-0.3, -0.25) is 4.79 Å². The lowest BCUT2D eigenvalue weighted by atomic mass is 10.0. The Kier molecular flexibility index (Phi) is 4.24. The molecule has 122 valence electrons. The number of hydrogen-bond donors (Lipinski definition) is 2. The van der Waals surface area contributed by atoms with E-state index in [2.05, 4.69) is 5.32 Å². The molecule has 0 atom stereocenters. The van der Waals surface area contributed by atoms with E-state index in [9.17, 15) is 4.79 Å². The molecule has 3 N–H and O–H groups in total. The number of rotatable bonds is 4. The zero-order chi connectivity index (χ0) is 17.1. The molecule has 0 unspecified atom stereocenters. The molecule has 0 radical (unpaired) electrons. The van der Waals surface area contributed by atoms with E-state index in [4.69, 9.17) is 15.2 Å². The van der Waals surface area contributed by atoms with Gasteiger partial charge in [0, 0.05) is 17.7 Å². The Bertz CT molecular complexity index is 901. The van der Waals surface area contributed by atoms with Crippen molar-refractivity contribution in [3.63, 3.8) is 0 Å². The summed E-state index contributed by atoms with van der Waals surface area (Å²) in [4.78, 5) is 12.7. The van der Waals surface area contributed by atoms with Crippen LogP contribution < -0.4 is 20.5 Å². The van der Waals surface area contributed by atoms with Crippen LogP contribution in [0.3, 0.4) is 0 Å². The molecule has 1 amide bonds. The predicted octanol–water partition coefficient (Wildman–Crippen LogP) is 3.69. The summed E-state index contributed by atoms with van der Waals surface area (Å²) in [6.07, 6.45) is 0. The van der Waals surface area contributed by atoms with Crippen LogP contribution >= 0.6 is 0 Å². The third-order valence-electron chi connectivity index (χ3n) is 3.83. The SMILES string of the molecule is COc1cc(NC(=O)c2cccc3ccccc23)c(OC)cc1N. The molecule has 0 aliphatic rings. The zero-order valence-electron chi connectivity index (χ0n) is 13.5. The molecule has 0 saturated heterocycles. The van der Waals surface area contributed by atoms with Crippen LogP contribution in [-0.2, 0) is 0 Å². The summed E-state index contributed by atoms with van der Waals surface area (Å²) in [5.41, 5.74) is 7.41. The van der Waals surface area contributed by atoms with Crippen molar-refractivity contribution >= 4 is 28.1 Å². The zero-order valence-corrected chi connectivity index (χ0v) is 13.5. The maximum Gasteiger partial charge on any atom is 0.256 e. The number of amides is 1. The number of carbonyl (C=O) groups excluding carboxylic acids is 1. The van der Waals surface area contributed by atoms with Crippen molar-refractivity contribution < 1.29 is 14.3 Å². The molecule has 0 bridgehead atoms. The monoisotopic (exact) mass is 322 g/mol. The first-order valence-electron chi connectivity index (χ1n) is 7.44. The summed E-state index contributed by atoms with van der Waals surface area (Å²) in [6, 6.07) is 16.6. The largest absolute Gasteiger partial charge is 0.495 e. The Hall–Kier alpha value is -3.21. The Labute approximate surface area is 140 Å². The fraction of sp³-hybridized carbons (Fsp3) is 0.105. The second kappa shape index (κ2) is 6.50. The molecule has 3 rings (SSSR count). The van der Waals surface area contributed by atoms with Gasteiger partial charge in [-0.2, -0.15) is 0 Å². The fourth-order valence-corrected chi connectivity index (χ4v) is 2.63. The quantitative estimate of drug-likeness (QED) is 0.718. The van der Waals surface area contributed by atoms with Gasteiger partial charge in [0.1, 0.15) is 11.5 Å². The lowest BCUT2D eigenvalue weighted by Gasteiger charge is -2.14. The summed E-state index contributed by atoms with van der Waals surface area (Å²) < 4.78 is 10.5. The van der Waals surface area contributed by atoms with Gasteiger partial charge in [0.2, 0.25) is 0 Å². The van der Waals surface area contributed by atoms with E-state index in [1.54, 1.807) is 18.2 Å². The molecule has 3 aromatic rings. The summed E-state index contributed by atoms with van der Waals surface area (Å²) >= 11 is 0. The molecule has 0 aliphatic heterocycles. The van der Waals surface area contributed by atoms with Crippen LogP contribution in [-0.4, -0.2) is 20.1 Å². The number of nitrogens with two attached hydrogens (primary N) is 1. The van der Waals surface area contributed by atoms with Crippen molar-refractivity contribution in [2.75, 3.05) is 25.3 Å². The Morgan fingerprint density at radius 2 is 1.67 bits per heavy atom. The van der Waals surface area contributed by atoms with Crippen molar-refractivity contribution in [2.24, 2.45) is 0 Å². The van der Waals surface area contributed by atoms with Crippen LogP contribution in [0.2, 0.25) is 0 Å². The molecule has 24 heavy (non-hydrogen) atoms. The number of nitrogen functional groups attached to an aromatic ring is 1. The van der Waals surface area contributed by atoms with Gasteiger partial charge in [0.05, 0.1) is 25.6 Å². The van der Waals surface area contributed by atoms with Crippen LogP contribution in [0.25, 0.3) is 10.8 Å². The fourth-order valence-electron chi connectivity index (χ4n) is 2.63. The van der Waals surface area contributed by atoms with Crippen LogP contribution in [0.4, 0.5) is 11.4 Å². The first kappa shape index (κ1) is 15.7. The number of nitrogens with one attached hydrogen (secondary N) is 1.